The summed E-state index contributed by atoms with van der Waals surface area (Å²) in [5, 5.41) is 13.5. The van der Waals surface area contributed by atoms with Crippen LogP contribution in [0.1, 0.15) is 45.4 Å². The number of aliphatic hydroxyl groups is 1. The number of amides is 1. The molecule has 2 aliphatic rings. The summed E-state index contributed by atoms with van der Waals surface area (Å²) in [7, 11) is 0. The number of likely N-dealkylation sites (tertiary alicyclic amines) is 1. The van der Waals surface area contributed by atoms with Gasteiger partial charge in [-0.25, -0.2) is 0 Å². The fraction of sp³-hybridized carbons (Fsp3) is 0.867. The molecule has 0 aromatic carbocycles. The lowest BCUT2D eigenvalue weighted by molar-refractivity contribution is -0.119. The van der Waals surface area contributed by atoms with Crippen molar-refractivity contribution in [2.24, 2.45) is 16.6 Å². The molecule has 120 valence electrons. The molecule has 6 nitrogen and oxygen atoms in total. The van der Waals surface area contributed by atoms with Crippen LogP contribution >= 0.6 is 0 Å². The number of primary amides is 1. The van der Waals surface area contributed by atoms with Crippen LogP contribution in [0.2, 0.25) is 0 Å². The second-order valence-corrected chi connectivity index (χ2v) is 6.37. The molecule has 0 aromatic rings. The Morgan fingerprint density at radius 2 is 2.24 bits per heavy atom. The summed E-state index contributed by atoms with van der Waals surface area (Å²) in [6.07, 6.45) is 5.32. The first kappa shape index (κ1) is 16.1. The van der Waals surface area contributed by atoms with E-state index in [1.54, 1.807) is 0 Å². The number of piperidine rings is 1. The summed E-state index contributed by atoms with van der Waals surface area (Å²) in [5.41, 5.74) is 4.71. The number of aliphatic imine (C=N–C) groups is 1. The third kappa shape index (κ3) is 4.59. The van der Waals surface area contributed by atoms with E-state index in [2.05, 4.69) is 15.2 Å². The number of carbonyl (C=O) groups is 1. The van der Waals surface area contributed by atoms with Crippen LogP contribution in [-0.2, 0) is 4.79 Å². The quantitative estimate of drug-likeness (QED) is 0.507. The van der Waals surface area contributed by atoms with Crippen LogP contribution in [0.5, 0.6) is 0 Å². The van der Waals surface area contributed by atoms with Crippen LogP contribution in [0.15, 0.2) is 4.99 Å². The lowest BCUT2D eigenvalue weighted by Gasteiger charge is -2.37. The van der Waals surface area contributed by atoms with E-state index in [0.717, 1.165) is 57.7 Å². The second-order valence-electron chi connectivity index (χ2n) is 6.37. The van der Waals surface area contributed by atoms with Crippen molar-refractivity contribution in [3.63, 3.8) is 0 Å². The van der Waals surface area contributed by atoms with E-state index < -0.39 is 5.60 Å². The Morgan fingerprint density at radius 1 is 1.48 bits per heavy atom. The molecule has 21 heavy (non-hydrogen) atoms. The SMILES string of the molecule is CCNC(=NCC1(O)CCC1)N1CCCC(CC(N)=O)C1. The zero-order chi connectivity index (χ0) is 15.3. The lowest BCUT2D eigenvalue weighted by Crippen LogP contribution is -2.48. The minimum absolute atomic E-state index is 0.229. The summed E-state index contributed by atoms with van der Waals surface area (Å²) in [5.74, 6) is 0.937. The van der Waals surface area contributed by atoms with Gasteiger partial charge in [-0.1, -0.05) is 0 Å². The molecule has 4 N–H and O–H groups in total. The van der Waals surface area contributed by atoms with E-state index in [-0.39, 0.29) is 5.91 Å². The van der Waals surface area contributed by atoms with Crippen molar-refractivity contribution in [1.82, 2.24) is 10.2 Å². The predicted molar refractivity (Wildman–Crippen MR) is 82.9 cm³/mol. The van der Waals surface area contributed by atoms with Gasteiger partial charge in [-0.15, -0.1) is 0 Å². The van der Waals surface area contributed by atoms with Crippen molar-refractivity contribution in [2.45, 2.75) is 51.0 Å². The van der Waals surface area contributed by atoms with Gasteiger partial charge in [0.1, 0.15) is 0 Å². The third-order valence-electron chi connectivity index (χ3n) is 4.45. The molecule has 2 rings (SSSR count). The third-order valence-corrected chi connectivity index (χ3v) is 4.45. The van der Waals surface area contributed by atoms with Crippen molar-refractivity contribution in [2.75, 3.05) is 26.2 Å². The Balaban J connectivity index is 1.95. The first-order valence-corrected chi connectivity index (χ1v) is 8.06. The molecular formula is C15H28N4O2. The van der Waals surface area contributed by atoms with Crippen molar-refractivity contribution in [3.05, 3.63) is 0 Å². The zero-order valence-electron chi connectivity index (χ0n) is 13.0. The van der Waals surface area contributed by atoms with Gasteiger partial charge in [0.2, 0.25) is 5.91 Å². The Kier molecular flexibility index (Phi) is 5.45. The summed E-state index contributed by atoms with van der Waals surface area (Å²) in [6.45, 7) is 5.06. The number of nitrogens with zero attached hydrogens (tertiary/aromatic N) is 2. The average molecular weight is 296 g/mol. The first-order chi connectivity index (χ1) is 10.0. The van der Waals surface area contributed by atoms with Gasteiger partial charge in [-0.3, -0.25) is 9.79 Å². The second kappa shape index (κ2) is 7.11. The van der Waals surface area contributed by atoms with Gasteiger partial charge < -0.3 is 21.1 Å². The zero-order valence-corrected chi connectivity index (χ0v) is 13.0. The molecule has 1 aliphatic heterocycles. The fourth-order valence-electron chi connectivity index (χ4n) is 3.10. The van der Waals surface area contributed by atoms with E-state index in [4.69, 9.17) is 5.73 Å². The van der Waals surface area contributed by atoms with Crippen LogP contribution in [0.4, 0.5) is 0 Å². The monoisotopic (exact) mass is 296 g/mol. The smallest absolute Gasteiger partial charge is 0.217 e. The van der Waals surface area contributed by atoms with Gasteiger partial charge in [0.15, 0.2) is 5.96 Å². The minimum Gasteiger partial charge on any atom is -0.388 e. The van der Waals surface area contributed by atoms with Crippen LogP contribution in [0.25, 0.3) is 0 Å². The highest BCUT2D eigenvalue weighted by atomic mass is 16.3. The topological polar surface area (TPSA) is 91.0 Å². The number of guanidine groups is 1. The van der Waals surface area contributed by atoms with Gasteiger partial charge in [0.25, 0.3) is 0 Å². The van der Waals surface area contributed by atoms with Gasteiger partial charge in [-0.05, 0) is 44.9 Å². The molecule has 1 unspecified atom stereocenters. The van der Waals surface area contributed by atoms with Crippen LogP contribution in [0.3, 0.4) is 0 Å². The molecule has 1 heterocycles. The predicted octanol–water partition coefficient (Wildman–Crippen LogP) is 0.454. The van der Waals surface area contributed by atoms with Crippen molar-refractivity contribution >= 4 is 11.9 Å². The summed E-state index contributed by atoms with van der Waals surface area (Å²) in [6, 6.07) is 0. The van der Waals surface area contributed by atoms with Crippen LogP contribution < -0.4 is 11.1 Å². The maximum absolute atomic E-state index is 11.1. The minimum atomic E-state index is -0.594. The number of nitrogens with two attached hydrogens (primary N) is 1. The van der Waals surface area contributed by atoms with Gasteiger partial charge >= 0.3 is 0 Å². The summed E-state index contributed by atoms with van der Waals surface area (Å²) >= 11 is 0. The molecule has 1 atom stereocenters. The summed E-state index contributed by atoms with van der Waals surface area (Å²) < 4.78 is 0. The fourth-order valence-corrected chi connectivity index (χ4v) is 3.10. The molecule has 1 aliphatic carbocycles. The molecule has 6 heteroatoms. The number of carbonyl (C=O) groups excluding carboxylic acids is 1. The van der Waals surface area contributed by atoms with E-state index in [1.807, 2.05) is 6.92 Å². The Labute approximate surface area is 126 Å². The highest BCUT2D eigenvalue weighted by Gasteiger charge is 2.34. The molecule has 1 saturated carbocycles. The van der Waals surface area contributed by atoms with Crippen LogP contribution in [0, 0.1) is 5.92 Å². The van der Waals surface area contributed by atoms with E-state index in [0.29, 0.717) is 18.9 Å². The molecule has 0 aromatic heterocycles. The Bertz CT molecular complexity index is 393. The van der Waals surface area contributed by atoms with E-state index >= 15 is 0 Å². The normalized spacial score (nSPS) is 25.3. The highest BCUT2D eigenvalue weighted by molar-refractivity contribution is 5.80. The van der Waals surface area contributed by atoms with Crippen molar-refractivity contribution in [3.8, 4) is 0 Å². The lowest BCUT2D eigenvalue weighted by atomic mass is 9.80. The first-order valence-electron chi connectivity index (χ1n) is 8.06. The van der Waals surface area contributed by atoms with Gasteiger partial charge in [-0.2, -0.15) is 0 Å². The molecule has 1 amide bonds. The van der Waals surface area contributed by atoms with Gasteiger partial charge in [0.05, 0.1) is 12.1 Å². The molecule has 1 saturated heterocycles. The Hall–Kier alpha value is -1.30. The number of hydrogen-bond donors (Lipinski definition) is 3. The van der Waals surface area contributed by atoms with Gasteiger partial charge in [0, 0.05) is 26.1 Å². The van der Waals surface area contributed by atoms with Crippen LogP contribution in [-0.4, -0.2) is 53.7 Å². The summed E-state index contributed by atoms with van der Waals surface area (Å²) in [4.78, 5) is 17.9. The maximum Gasteiger partial charge on any atom is 0.217 e. The molecule has 0 radical (unpaired) electrons. The maximum atomic E-state index is 11.1. The highest BCUT2D eigenvalue weighted by Crippen LogP contribution is 2.31. The van der Waals surface area contributed by atoms with E-state index in [9.17, 15) is 9.90 Å². The number of rotatable bonds is 5. The average Bonchev–Trinajstić information content (AvgIpc) is 2.41. The molecular weight excluding hydrogens is 268 g/mol. The number of nitrogens with one attached hydrogen (secondary N) is 1. The molecule has 0 spiro atoms. The van der Waals surface area contributed by atoms with Crippen molar-refractivity contribution < 1.29 is 9.90 Å². The molecule has 0 bridgehead atoms. The standard InChI is InChI=1S/C15H28N4O2/c1-2-17-14(18-11-15(21)6-4-7-15)19-8-3-5-12(10-19)9-13(16)20/h12,21H,2-11H2,1H3,(H2,16,20)(H,17,18). The molecule has 2 fully saturated rings. The van der Waals surface area contributed by atoms with Crippen molar-refractivity contribution in [1.29, 1.82) is 0 Å². The number of hydrogen-bond acceptors (Lipinski definition) is 3. The Morgan fingerprint density at radius 3 is 2.81 bits per heavy atom. The van der Waals surface area contributed by atoms with E-state index in [1.165, 1.54) is 0 Å². The largest absolute Gasteiger partial charge is 0.388 e.